The van der Waals surface area contributed by atoms with Crippen molar-refractivity contribution >= 4 is 11.6 Å². The van der Waals surface area contributed by atoms with Gasteiger partial charge in [0.2, 0.25) is 0 Å². The van der Waals surface area contributed by atoms with Gasteiger partial charge in [-0.15, -0.1) is 0 Å². The topological polar surface area (TPSA) is 56.1 Å². The largest absolute Gasteiger partial charge is 0.369 e. The summed E-state index contributed by atoms with van der Waals surface area (Å²) in [5.41, 5.74) is 0.631. The number of anilines is 1. The van der Waals surface area contributed by atoms with E-state index in [1.807, 2.05) is 36.5 Å². The molecule has 1 amide bonds. The van der Waals surface area contributed by atoms with Gasteiger partial charge >= 0.3 is 0 Å². The maximum Gasteiger partial charge on any atom is 0.256 e. The molecular formula is C14H17N3O2. The summed E-state index contributed by atoms with van der Waals surface area (Å²) >= 11 is 0. The van der Waals surface area contributed by atoms with Crippen molar-refractivity contribution in [3.05, 3.63) is 42.7 Å². The molecule has 1 N–H and O–H groups in total. The van der Waals surface area contributed by atoms with Gasteiger partial charge in [-0.25, -0.2) is 4.68 Å². The van der Waals surface area contributed by atoms with E-state index in [-0.39, 0.29) is 5.91 Å². The number of hydrogen-bond donors (Lipinski definition) is 1. The van der Waals surface area contributed by atoms with Gasteiger partial charge in [0.25, 0.3) is 5.91 Å². The fourth-order valence-corrected chi connectivity index (χ4v) is 1.56. The van der Waals surface area contributed by atoms with Crippen LogP contribution in [0.1, 0.15) is 13.8 Å². The second-order valence-corrected chi connectivity index (χ2v) is 4.64. The molecule has 100 valence electrons. The maximum absolute atomic E-state index is 12.1. The molecule has 0 saturated carbocycles. The highest BCUT2D eigenvalue weighted by molar-refractivity contribution is 5.98. The van der Waals surface area contributed by atoms with Gasteiger partial charge < -0.3 is 10.1 Å². The summed E-state index contributed by atoms with van der Waals surface area (Å²) < 4.78 is 6.87. The van der Waals surface area contributed by atoms with Gasteiger partial charge in [-0.3, -0.25) is 4.79 Å². The Morgan fingerprint density at radius 3 is 2.68 bits per heavy atom. The van der Waals surface area contributed by atoms with Crippen LogP contribution in [0.5, 0.6) is 0 Å². The minimum Gasteiger partial charge on any atom is -0.369 e. The zero-order valence-electron chi connectivity index (χ0n) is 11.3. The molecule has 19 heavy (non-hydrogen) atoms. The Hall–Kier alpha value is -2.14. The third-order valence-corrected chi connectivity index (χ3v) is 2.96. The van der Waals surface area contributed by atoms with Crippen molar-refractivity contribution in [1.29, 1.82) is 0 Å². The van der Waals surface area contributed by atoms with Crippen LogP contribution in [-0.2, 0) is 9.53 Å². The molecule has 2 aromatic rings. The molecular weight excluding hydrogens is 242 g/mol. The van der Waals surface area contributed by atoms with Crippen LogP contribution in [0.2, 0.25) is 0 Å². The first kappa shape index (κ1) is 13.3. The number of methoxy groups -OCH3 is 1. The summed E-state index contributed by atoms with van der Waals surface area (Å²) in [5, 5.41) is 7.04. The number of carbonyl (C=O) groups is 1. The van der Waals surface area contributed by atoms with Crippen molar-refractivity contribution in [3.63, 3.8) is 0 Å². The van der Waals surface area contributed by atoms with E-state index in [2.05, 4.69) is 10.4 Å². The molecule has 1 heterocycles. The van der Waals surface area contributed by atoms with Gasteiger partial charge in [0, 0.05) is 19.5 Å². The number of para-hydroxylation sites is 2. The number of aromatic nitrogens is 2. The number of amides is 1. The van der Waals surface area contributed by atoms with Crippen molar-refractivity contribution in [3.8, 4) is 5.69 Å². The van der Waals surface area contributed by atoms with E-state index in [4.69, 9.17) is 4.74 Å². The molecule has 0 unspecified atom stereocenters. The van der Waals surface area contributed by atoms with Crippen molar-refractivity contribution in [2.75, 3.05) is 12.4 Å². The van der Waals surface area contributed by atoms with E-state index in [1.54, 1.807) is 24.7 Å². The lowest BCUT2D eigenvalue weighted by molar-refractivity contribution is -0.133. The monoisotopic (exact) mass is 259 g/mol. The van der Waals surface area contributed by atoms with Gasteiger partial charge in [-0.1, -0.05) is 12.1 Å². The summed E-state index contributed by atoms with van der Waals surface area (Å²) in [5.74, 6) is -0.199. The Morgan fingerprint density at radius 1 is 1.32 bits per heavy atom. The molecule has 0 saturated heterocycles. The molecule has 5 heteroatoms. The quantitative estimate of drug-likeness (QED) is 0.916. The number of nitrogens with zero attached hydrogens (tertiary/aromatic N) is 2. The standard InChI is InChI=1S/C14H17N3O2/c1-14(2,19-3)13(18)16-11-7-4-5-8-12(11)17-10-6-9-15-17/h4-10H,1-3H3,(H,16,18). The van der Waals surface area contributed by atoms with Crippen LogP contribution in [-0.4, -0.2) is 28.4 Å². The number of hydrogen-bond acceptors (Lipinski definition) is 3. The summed E-state index contributed by atoms with van der Waals surface area (Å²) in [4.78, 5) is 12.1. The summed E-state index contributed by atoms with van der Waals surface area (Å²) in [6, 6.07) is 9.32. The predicted octanol–water partition coefficient (Wildman–Crippen LogP) is 2.24. The van der Waals surface area contributed by atoms with Crippen LogP contribution in [0.15, 0.2) is 42.7 Å². The van der Waals surface area contributed by atoms with Crippen molar-refractivity contribution in [2.24, 2.45) is 0 Å². The van der Waals surface area contributed by atoms with E-state index in [1.165, 1.54) is 7.11 Å². The zero-order chi connectivity index (χ0) is 13.9. The number of rotatable bonds is 4. The van der Waals surface area contributed by atoms with E-state index >= 15 is 0 Å². The Bertz CT molecular complexity index is 562. The Labute approximate surface area is 112 Å². The van der Waals surface area contributed by atoms with Gasteiger partial charge in [0.05, 0.1) is 11.4 Å². The summed E-state index contributed by atoms with van der Waals surface area (Å²) in [7, 11) is 1.51. The third-order valence-electron chi connectivity index (χ3n) is 2.96. The first-order valence-corrected chi connectivity index (χ1v) is 6.00. The number of ether oxygens (including phenoxy) is 1. The smallest absolute Gasteiger partial charge is 0.256 e. The van der Waals surface area contributed by atoms with Gasteiger partial charge in [-0.2, -0.15) is 5.10 Å². The fraction of sp³-hybridized carbons (Fsp3) is 0.286. The minimum atomic E-state index is -0.878. The average molecular weight is 259 g/mol. The molecule has 0 bridgehead atoms. The Morgan fingerprint density at radius 2 is 2.05 bits per heavy atom. The zero-order valence-corrected chi connectivity index (χ0v) is 11.3. The molecule has 5 nitrogen and oxygen atoms in total. The Balaban J connectivity index is 2.29. The highest BCUT2D eigenvalue weighted by Gasteiger charge is 2.27. The van der Waals surface area contributed by atoms with Gasteiger partial charge in [-0.05, 0) is 32.0 Å². The van der Waals surface area contributed by atoms with Crippen LogP contribution < -0.4 is 5.32 Å². The van der Waals surface area contributed by atoms with E-state index in [0.717, 1.165) is 5.69 Å². The molecule has 2 rings (SSSR count). The molecule has 1 aromatic heterocycles. The number of benzene rings is 1. The summed E-state index contributed by atoms with van der Waals surface area (Å²) in [6.45, 7) is 3.44. The molecule has 0 radical (unpaired) electrons. The summed E-state index contributed by atoms with van der Waals surface area (Å²) in [6.07, 6.45) is 3.52. The Kier molecular flexibility index (Phi) is 3.66. The van der Waals surface area contributed by atoms with E-state index in [0.29, 0.717) is 5.69 Å². The van der Waals surface area contributed by atoms with Crippen molar-refractivity contribution in [1.82, 2.24) is 9.78 Å². The lowest BCUT2D eigenvalue weighted by Crippen LogP contribution is -2.39. The molecule has 0 fully saturated rings. The van der Waals surface area contributed by atoms with E-state index < -0.39 is 5.60 Å². The number of nitrogens with one attached hydrogen (secondary N) is 1. The SMILES string of the molecule is COC(C)(C)C(=O)Nc1ccccc1-n1cccn1. The van der Waals surface area contributed by atoms with Crippen LogP contribution in [0.3, 0.4) is 0 Å². The van der Waals surface area contributed by atoms with Crippen LogP contribution in [0.25, 0.3) is 5.69 Å². The van der Waals surface area contributed by atoms with Crippen molar-refractivity contribution < 1.29 is 9.53 Å². The van der Waals surface area contributed by atoms with E-state index in [9.17, 15) is 4.79 Å². The predicted molar refractivity (Wildman–Crippen MR) is 73.3 cm³/mol. The first-order valence-electron chi connectivity index (χ1n) is 6.00. The van der Waals surface area contributed by atoms with Crippen LogP contribution in [0.4, 0.5) is 5.69 Å². The molecule has 0 aliphatic rings. The van der Waals surface area contributed by atoms with Crippen LogP contribution >= 0.6 is 0 Å². The second kappa shape index (κ2) is 5.24. The third kappa shape index (κ3) is 2.82. The minimum absolute atomic E-state index is 0.199. The average Bonchev–Trinajstić information content (AvgIpc) is 2.93. The molecule has 0 aliphatic carbocycles. The fourth-order valence-electron chi connectivity index (χ4n) is 1.56. The highest BCUT2D eigenvalue weighted by atomic mass is 16.5. The highest BCUT2D eigenvalue weighted by Crippen LogP contribution is 2.21. The second-order valence-electron chi connectivity index (χ2n) is 4.64. The van der Waals surface area contributed by atoms with Gasteiger partial charge in [0.15, 0.2) is 0 Å². The molecule has 0 aliphatic heterocycles. The number of carbonyl (C=O) groups excluding carboxylic acids is 1. The first-order chi connectivity index (χ1) is 9.04. The van der Waals surface area contributed by atoms with Gasteiger partial charge in [0.1, 0.15) is 5.60 Å². The molecule has 0 spiro atoms. The molecule has 0 atom stereocenters. The van der Waals surface area contributed by atoms with Crippen molar-refractivity contribution in [2.45, 2.75) is 19.4 Å². The van der Waals surface area contributed by atoms with Crippen LogP contribution in [0, 0.1) is 0 Å². The molecule has 1 aromatic carbocycles. The lowest BCUT2D eigenvalue weighted by atomic mass is 10.1. The lowest BCUT2D eigenvalue weighted by Gasteiger charge is -2.22. The normalized spacial score (nSPS) is 11.3. The maximum atomic E-state index is 12.1.